The van der Waals surface area contributed by atoms with Gasteiger partial charge in [-0.05, 0) is 54.1 Å². The molecule has 31 heavy (non-hydrogen) atoms. The quantitative estimate of drug-likeness (QED) is 0.591. The lowest BCUT2D eigenvalue weighted by Gasteiger charge is -2.18. The Bertz CT molecular complexity index is 1110. The summed E-state index contributed by atoms with van der Waals surface area (Å²) in [5.41, 5.74) is 0.544. The van der Waals surface area contributed by atoms with Crippen molar-refractivity contribution in [2.75, 3.05) is 7.11 Å². The topological polar surface area (TPSA) is 71.3 Å². The average molecular weight is 426 g/mol. The van der Waals surface area contributed by atoms with E-state index in [4.69, 9.17) is 14.7 Å². The Labute approximate surface area is 176 Å². The summed E-state index contributed by atoms with van der Waals surface area (Å²) in [6.07, 6.45) is -1.57. The molecule has 0 aliphatic rings. The van der Waals surface area contributed by atoms with Gasteiger partial charge in [0.2, 0.25) is 0 Å². The maximum Gasteiger partial charge on any atom is 0.254 e. The zero-order chi connectivity index (χ0) is 22.4. The van der Waals surface area contributed by atoms with E-state index in [1.54, 1.807) is 24.3 Å². The van der Waals surface area contributed by atoms with Crippen LogP contribution < -0.4 is 10.1 Å². The van der Waals surface area contributed by atoms with Crippen molar-refractivity contribution in [1.82, 2.24) is 5.32 Å². The van der Waals surface area contributed by atoms with Crippen molar-refractivity contribution >= 4 is 5.91 Å². The summed E-state index contributed by atoms with van der Waals surface area (Å²) in [6.45, 7) is 0.0689. The Kier molecular flexibility index (Phi) is 6.90. The van der Waals surface area contributed by atoms with E-state index in [2.05, 4.69) is 5.32 Å². The molecule has 3 aromatic rings. The van der Waals surface area contributed by atoms with Gasteiger partial charge in [0.05, 0.1) is 17.2 Å². The van der Waals surface area contributed by atoms with Gasteiger partial charge in [-0.25, -0.2) is 13.2 Å². The SMILES string of the molecule is CO[C@H](C(=O)NCc1ccc(C#N)cc1)c1c(F)ccc(Oc2ccc(F)cc2)c1F. The number of amides is 1. The van der Waals surface area contributed by atoms with Crippen molar-refractivity contribution in [2.24, 2.45) is 0 Å². The van der Waals surface area contributed by atoms with Gasteiger partial charge >= 0.3 is 0 Å². The van der Waals surface area contributed by atoms with Gasteiger partial charge in [0.1, 0.15) is 17.4 Å². The number of nitriles is 1. The molecular weight excluding hydrogens is 409 g/mol. The smallest absolute Gasteiger partial charge is 0.254 e. The molecule has 158 valence electrons. The van der Waals surface area contributed by atoms with Crippen molar-refractivity contribution < 1.29 is 27.4 Å². The van der Waals surface area contributed by atoms with Gasteiger partial charge in [0, 0.05) is 13.7 Å². The third-order valence-electron chi connectivity index (χ3n) is 4.42. The number of benzene rings is 3. The maximum atomic E-state index is 15.0. The summed E-state index contributed by atoms with van der Waals surface area (Å²) < 4.78 is 52.9. The van der Waals surface area contributed by atoms with Gasteiger partial charge in [-0.15, -0.1) is 0 Å². The van der Waals surface area contributed by atoms with Crippen LogP contribution in [-0.2, 0) is 16.1 Å². The van der Waals surface area contributed by atoms with Crippen LogP contribution in [0.3, 0.4) is 0 Å². The first-order valence-corrected chi connectivity index (χ1v) is 9.13. The number of methoxy groups -OCH3 is 1. The zero-order valence-electron chi connectivity index (χ0n) is 16.4. The largest absolute Gasteiger partial charge is 0.454 e. The van der Waals surface area contributed by atoms with Crippen LogP contribution in [-0.4, -0.2) is 13.0 Å². The molecule has 3 rings (SSSR count). The first-order valence-electron chi connectivity index (χ1n) is 9.13. The fourth-order valence-electron chi connectivity index (χ4n) is 2.83. The standard InChI is InChI=1S/C23H17F3N2O3/c1-30-22(23(29)28-13-15-4-2-14(12-27)3-5-15)20-18(25)10-11-19(21(20)26)31-17-8-6-16(24)7-9-17/h2-11,22H,13H2,1H3,(H,28,29)/t22-/m0/s1. The highest BCUT2D eigenvalue weighted by molar-refractivity contribution is 5.82. The minimum absolute atomic E-state index is 0.0689. The summed E-state index contributed by atoms with van der Waals surface area (Å²) in [7, 11) is 1.15. The summed E-state index contributed by atoms with van der Waals surface area (Å²) >= 11 is 0. The van der Waals surface area contributed by atoms with Crippen LogP contribution in [0, 0.1) is 28.8 Å². The van der Waals surface area contributed by atoms with E-state index >= 15 is 4.39 Å². The molecule has 1 amide bonds. The molecule has 1 N–H and O–H groups in total. The van der Waals surface area contributed by atoms with Gasteiger partial charge < -0.3 is 14.8 Å². The number of hydrogen-bond donors (Lipinski definition) is 1. The number of carbonyl (C=O) groups excluding carboxylic acids is 1. The highest BCUT2D eigenvalue weighted by atomic mass is 19.1. The first-order chi connectivity index (χ1) is 14.9. The molecular formula is C23H17F3N2O3. The highest BCUT2D eigenvalue weighted by Crippen LogP contribution is 2.32. The summed E-state index contributed by atoms with van der Waals surface area (Å²) in [4.78, 5) is 12.6. The summed E-state index contributed by atoms with van der Waals surface area (Å²) in [6, 6.07) is 15.3. The molecule has 1 atom stereocenters. The van der Waals surface area contributed by atoms with Crippen LogP contribution in [0.1, 0.15) is 22.8 Å². The Balaban J connectivity index is 1.79. The molecule has 0 aliphatic carbocycles. The van der Waals surface area contributed by atoms with Crippen LogP contribution >= 0.6 is 0 Å². The zero-order valence-corrected chi connectivity index (χ0v) is 16.4. The predicted molar refractivity (Wildman–Crippen MR) is 106 cm³/mol. The van der Waals surface area contributed by atoms with E-state index in [1.165, 1.54) is 12.1 Å². The average Bonchev–Trinajstić information content (AvgIpc) is 2.78. The van der Waals surface area contributed by atoms with Crippen molar-refractivity contribution in [3.8, 4) is 17.6 Å². The number of carbonyl (C=O) groups is 1. The molecule has 0 aliphatic heterocycles. The molecule has 0 saturated heterocycles. The third kappa shape index (κ3) is 5.21. The lowest BCUT2D eigenvalue weighted by Crippen LogP contribution is -2.31. The van der Waals surface area contributed by atoms with E-state index in [-0.39, 0.29) is 18.0 Å². The van der Waals surface area contributed by atoms with Gasteiger partial charge in [-0.3, -0.25) is 4.79 Å². The Morgan fingerprint density at radius 2 is 1.71 bits per heavy atom. The molecule has 0 bridgehead atoms. The number of nitrogens with zero attached hydrogens (tertiary/aromatic N) is 1. The van der Waals surface area contributed by atoms with Crippen LogP contribution in [0.25, 0.3) is 0 Å². The first kappa shape index (κ1) is 21.9. The summed E-state index contributed by atoms with van der Waals surface area (Å²) in [5, 5.41) is 11.4. The molecule has 0 radical (unpaired) electrons. The molecule has 0 unspecified atom stereocenters. The fourth-order valence-corrected chi connectivity index (χ4v) is 2.83. The lowest BCUT2D eigenvalue weighted by molar-refractivity contribution is -0.131. The number of ether oxygens (including phenoxy) is 2. The minimum Gasteiger partial charge on any atom is -0.454 e. The van der Waals surface area contributed by atoms with E-state index in [0.717, 1.165) is 31.4 Å². The molecule has 3 aromatic carbocycles. The lowest BCUT2D eigenvalue weighted by atomic mass is 10.1. The maximum absolute atomic E-state index is 15.0. The number of halogens is 3. The van der Waals surface area contributed by atoms with Crippen molar-refractivity contribution in [1.29, 1.82) is 5.26 Å². The van der Waals surface area contributed by atoms with E-state index in [1.807, 2.05) is 6.07 Å². The molecule has 0 heterocycles. The molecule has 0 aromatic heterocycles. The van der Waals surface area contributed by atoms with Crippen molar-refractivity contribution in [3.63, 3.8) is 0 Å². The molecule has 0 fully saturated rings. The van der Waals surface area contributed by atoms with Gasteiger partial charge in [-0.2, -0.15) is 5.26 Å². The normalized spacial score (nSPS) is 11.5. The van der Waals surface area contributed by atoms with Crippen molar-refractivity contribution in [3.05, 3.63) is 94.8 Å². The summed E-state index contributed by atoms with van der Waals surface area (Å²) in [5.74, 6) is -3.55. The Morgan fingerprint density at radius 3 is 2.32 bits per heavy atom. The van der Waals surface area contributed by atoms with Gasteiger partial charge in [0.15, 0.2) is 17.7 Å². The van der Waals surface area contributed by atoms with Crippen LogP contribution in [0.5, 0.6) is 11.5 Å². The highest BCUT2D eigenvalue weighted by Gasteiger charge is 2.29. The van der Waals surface area contributed by atoms with Gasteiger partial charge in [0.25, 0.3) is 5.91 Å². The number of rotatable bonds is 7. The van der Waals surface area contributed by atoms with E-state index < -0.39 is 35.0 Å². The monoisotopic (exact) mass is 426 g/mol. The third-order valence-corrected chi connectivity index (χ3v) is 4.42. The second kappa shape index (κ2) is 9.78. The predicted octanol–water partition coefficient (Wildman–Crippen LogP) is 4.77. The van der Waals surface area contributed by atoms with Crippen LogP contribution in [0.15, 0.2) is 60.7 Å². The molecule has 8 heteroatoms. The molecule has 5 nitrogen and oxygen atoms in total. The minimum atomic E-state index is -1.57. The molecule has 0 saturated carbocycles. The van der Waals surface area contributed by atoms with Crippen LogP contribution in [0.4, 0.5) is 13.2 Å². The second-order valence-corrected chi connectivity index (χ2v) is 6.47. The Hall–Kier alpha value is -3.83. The van der Waals surface area contributed by atoms with Crippen molar-refractivity contribution in [2.45, 2.75) is 12.6 Å². The molecule has 0 spiro atoms. The Morgan fingerprint density at radius 1 is 1.03 bits per heavy atom. The van der Waals surface area contributed by atoms with E-state index in [9.17, 15) is 13.6 Å². The van der Waals surface area contributed by atoms with E-state index in [0.29, 0.717) is 11.1 Å². The fraction of sp³-hybridized carbons (Fsp3) is 0.130. The number of nitrogens with one attached hydrogen (secondary N) is 1. The van der Waals surface area contributed by atoms with Crippen LogP contribution in [0.2, 0.25) is 0 Å². The second-order valence-electron chi connectivity index (χ2n) is 6.47. The van der Waals surface area contributed by atoms with Gasteiger partial charge in [-0.1, -0.05) is 12.1 Å². The number of hydrogen-bond acceptors (Lipinski definition) is 4.